The molecule has 2 rings (SSSR count). The summed E-state index contributed by atoms with van der Waals surface area (Å²) < 4.78 is 35.0. The smallest absolute Gasteiger partial charge is 0.308 e. The van der Waals surface area contributed by atoms with Crippen molar-refractivity contribution in [3.8, 4) is 11.8 Å². The minimum Gasteiger partial charge on any atom is -0.469 e. The molecule has 332 valence electrons. The van der Waals surface area contributed by atoms with Gasteiger partial charge in [0.05, 0.1) is 31.3 Å². The van der Waals surface area contributed by atoms with Crippen molar-refractivity contribution in [1.29, 1.82) is 0 Å². The van der Waals surface area contributed by atoms with Crippen LogP contribution in [0.15, 0.2) is 12.2 Å². The van der Waals surface area contributed by atoms with Gasteiger partial charge in [0.25, 0.3) is 0 Å². The van der Waals surface area contributed by atoms with E-state index in [1.165, 1.54) is 26.4 Å². The summed E-state index contributed by atoms with van der Waals surface area (Å²) in [6.45, 7) is 42.3. The minimum atomic E-state index is -2.18. The van der Waals surface area contributed by atoms with E-state index in [0.29, 0.717) is 5.92 Å². The maximum atomic E-state index is 12.6. The number of hydrogen-bond acceptors (Lipinski definition) is 6. The lowest BCUT2D eigenvalue weighted by Crippen LogP contribution is -2.47. The van der Waals surface area contributed by atoms with Crippen LogP contribution in [0.2, 0.25) is 74.0 Å². The number of hydrogen-bond donors (Lipinski definition) is 0. The highest BCUT2D eigenvalue weighted by atomic mass is 28.4. The normalized spacial score (nSPS) is 25.9. The van der Waals surface area contributed by atoms with E-state index in [-0.39, 0.29) is 64.1 Å². The average Bonchev–Trinajstić information content (AvgIpc) is 3.43. The van der Waals surface area contributed by atoms with Gasteiger partial charge in [-0.3, -0.25) is 4.79 Å². The number of rotatable bonds is 20. The van der Waals surface area contributed by atoms with E-state index in [2.05, 4.69) is 146 Å². The number of carbonyl (C=O) groups is 1. The second-order valence-electron chi connectivity index (χ2n) is 22.0. The highest BCUT2D eigenvalue weighted by Crippen LogP contribution is 2.48. The molecule has 0 bridgehead atoms. The van der Waals surface area contributed by atoms with E-state index >= 15 is 0 Å². The highest BCUT2D eigenvalue weighted by Gasteiger charge is 2.53. The van der Waals surface area contributed by atoms with E-state index in [1.54, 1.807) is 0 Å². The van der Waals surface area contributed by atoms with Crippen molar-refractivity contribution in [1.82, 2.24) is 0 Å². The lowest BCUT2D eigenvalue weighted by molar-refractivity contribution is -0.146. The van der Waals surface area contributed by atoms with E-state index in [9.17, 15) is 4.79 Å². The Hall–Kier alpha value is -0.522. The SMILES string of the molecule is CCCC[C@H](C)C[C@@H](/C=C/[C@@H]1[C@@H](C(C#CC2CCCC(C(=O)OC)C2)O[Si](C)(C)C)[C@@H](O[Si](CC)(CC)CC)C[C@H]1O[Si](C)(C)C(C)(C)C)O[Si](C)(C)C(C)(C)C. The van der Waals surface area contributed by atoms with Gasteiger partial charge in [0, 0.05) is 17.8 Å². The fourth-order valence-corrected chi connectivity index (χ4v) is 14.9. The molecule has 0 aliphatic heterocycles. The van der Waals surface area contributed by atoms with E-state index in [0.717, 1.165) is 56.7 Å². The van der Waals surface area contributed by atoms with Gasteiger partial charge >= 0.3 is 5.97 Å². The maximum absolute atomic E-state index is 12.6. The van der Waals surface area contributed by atoms with Crippen molar-refractivity contribution in [2.24, 2.45) is 29.6 Å². The van der Waals surface area contributed by atoms with Crippen LogP contribution in [0.25, 0.3) is 0 Å². The Kier molecular flexibility index (Phi) is 20.3. The van der Waals surface area contributed by atoms with Crippen molar-refractivity contribution in [2.45, 2.75) is 232 Å². The molecule has 6 nitrogen and oxygen atoms in total. The summed E-state index contributed by atoms with van der Waals surface area (Å²) in [5, 5.41) is 0.180. The van der Waals surface area contributed by atoms with E-state index in [4.69, 9.17) is 22.4 Å². The monoisotopic (exact) mass is 865 g/mol. The van der Waals surface area contributed by atoms with Crippen molar-refractivity contribution < 1.29 is 27.2 Å². The molecule has 2 aliphatic rings. The number of methoxy groups -OCH3 is 1. The zero-order valence-electron chi connectivity index (χ0n) is 40.8. The Labute approximate surface area is 358 Å². The molecule has 10 heteroatoms. The average molecular weight is 866 g/mol. The van der Waals surface area contributed by atoms with E-state index < -0.39 is 33.3 Å². The fourth-order valence-electron chi connectivity index (χ4n) is 8.34. The van der Waals surface area contributed by atoms with Crippen LogP contribution in [-0.2, 0) is 27.2 Å². The predicted octanol–water partition coefficient (Wildman–Crippen LogP) is 13.8. The van der Waals surface area contributed by atoms with Crippen LogP contribution in [0.4, 0.5) is 0 Å². The summed E-state index contributed by atoms with van der Waals surface area (Å²) in [5.74, 6) is 8.17. The van der Waals surface area contributed by atoms with Crippen molar-refractivity contribution >= 4 is 39.2 Å². The van der Waals surface area contributed by atoms with Crippen LogP contribution in [0.3, 0.4) is 0 Å². The molecule has 0 aromatic rings. The van der Waals surface area contributed by atoms with Gasteiger partial charge in [-0.1, -0.05) is 126 Å². The topological polar surface area (TPSA) is 63.2 Å². The molecular formula is C47H92O6Si4. The van der Waals surface area contributed by atoms with Gasteiger partial charge in [-0.25, -0.2) is 0 Å². The molecule has 9 atom stereocenters. The van der Waals surface area contributed by atoms with Crippen LogP contribution in [0.5, 0.6) is 0 Å². The van der Waals surface area contributed by atoms with Crippen molar-refractivity contribution in [3.63, 3.8) is 0 Å². The molecule has 2 aliphatic carbocycles. The van der Waals surface area contributed by atoms with Crippen LogP contribution < -0.4 is 0 Å². The summed E-state index contributed by atoms with van der Waals surface area (Å²) in [6.07, 6.45) is 13.8. The Morgan fingerprint density at radius 2 is 1.40 bits per heavy atom. The predicted molar refractivity (Wildman–Crippen MR) is 254 cm³/mol. The van der Waals surface area contributed by atoms with E-state index in [1.807, 2.05) is 0 Å². The number of ether oxygens (including phenoxy) is 1. The first-order valence-corrected chi connectivity index (χ1v) is 34.9. The first-order valence-electron chi connectivity index (χ1n) is 23.2. The minimum absolute atomic E-state index is 0.00614. The molecule has 2 saturated carbocycles. The molecule has 0 amide bonds. The standard InChI is InChI=1S/C47H92O6Si4/c1-20-24-26-36(5)33-39(50-55(16,17)46(6,7)8)30-31-40-42(52-56(18,19)47(9,10)11)35-43(53-57(21-2,22-3)23-4)44(40)41(51-54(13,14)15)32-29-37-27-25-28-38(34-37)45(48)49-12/h30-31,36-44H,20-28,33-35H2,1-19H3/b31-30+/t36-,37?,38?,39+,40-,41?,42+,43-,44-/m0/s1. The summed E-state index contributed by atoms with van der Waals surface area (Å²) in [4.78, 5) is 12.6. The van der Waals surface area contributed by atoms with Gasteiger partial charge < -0.3 is 22.4 Å². The van der Waals surface area contributed by atoms with Crippen LogP contribution in [-0.4, -0.2) is 70.8 Å². The van der Waals surface area contributed by atoms with Crippen LogP contribution in [0, 0.1) is 41.4 Å². The maximum Gasteiger partial charge on any atom is 0.308 e. The molecule has 2 fully saturated rings. The molecule has 0 aromatic carbocycles. The summed E-state index contributed by atoms with van der Waals surface area (Å²) in [5.41, 5.74) is 0. The molecule has 3 unspecified atom stereocenters. The summed E-state index contributed by atoms with van der Waals surface area (Å²) in [7, 11) is -6.85. The first kappa shape index (κ1) is 52.6. The molecule has 57 heavy (non-hydrogen) atoms. The fraction of sp³-hybridized carbons (Fsp3) is 0.894. The van der Waals surface area contributed by atoms with Gasteiger partial charge in [0.2, 0.25) is 0 Å². The Bertz CT molecular complexity index is 1300. The quantitative estimate of drug-likeness (QED) is 0.0526. The molecular weight excluding hydrogens is 773 g/mol. The molecule has 0 spiro atoms. The van der Waals surface area contributed by atoms with Crippen molar-refractivity contribution in [3.05, 3.63) is 12.2 Å². The van der Waals surface area contributed by atoms with Crippen LogP contribution >= 0.6 is 0 Å². The Balaban J connectivity index is 2.89. The van der Waals surface area contributed by atoms with Gasteiger partial charge in [-0.05, 0) is 112 Å². The number of esters is 1. The third kappa shape index (κ3) is 15.7. The van der Waals surface area contributed by atoms with Crippen LogP contribution in [0.1, 0.15) is 134 Å². The second kappa shape index (κ2) is 22.0. The Morgan fingerprint density at radius 3 is 1.91 bits per heavy atom. The summed E-state index contributed by atoms with van der Waals surface area (Å²) >= 11 is 0. The van der Waals surface area contributed by atoms with Crippen molar-refractivity contribution in [2.75, 3.05) is 7.11 Å². The lowest BCUT2D eigenvalue weighted by atomic mass is 9.81. The molecule has 0 heterocycles. The van der Waals surface area contributed by atoms with Gasteiger partial charge in [-0.15, -0.1) is 0 Å². The second-order valence-corrected chi connectivity index (χ2v) is 40.7. The zero-order chi connectivity index (χ0) is 43.6. The zero-order valence-corrected chi connectivity index (χ0v) is 44.8. The number of carbonyl (C=O) groups excluding carboxylic acids is 1. The molecule has 0 radical (unpaired) electrons. The largest absolute Gasteiger partial charge is 0.469 e. The molecule has 0 aromatic heterocycles. The van der Waals surface area contributed by atoms with Gasteiger partial charge in [-0.2, -0.15) is 0 Å². The van der Waals surface area contributed by atoms with Gasteiger partial charge in [0.1, 0.15) is 6.10 Å². The highest BCUT2D eigenvalue weighted by molar-refractivity contribution is 6.75. The molecule has 0 N–H and O–H groups in total. The Morgan fingerprint density at radius 1 is 0.807 bits per heavy atom. The molecule has 0 saturated heterocycles. The lowest BCUT2D eigenvalue weighted by Gasteiger charge is -2.41. The first-order chi connectivity index (χ1) is 26.2. The summed E-state index contributed by atoms with van der Waals surface area (Å²) in [6, 6.07) is 3.29. The third-order valence-electron chi connectivity index (χ3n) is 14.3. The van der Waals surface area contributed by atoms with Gasteiger partial charge in [0.15, 0.2) is 33.3 Å². The number of unbranched alkanes of at least 4 members (excludes halogenated alkanes) is 1. The third-order valence-corrected chi connectivity index (χ3v) is 28.9.